The predicted molar refractivity (Wildman–Crippen MR) is 59.5 cm³/mol. The Bertz CT molecular complexity index is 289. The van der Waals surface area contributed by atoms with E-state index in [1.54, 1.807) is 19.2 Å². The van der Waals surface area contributed by atoms with Gasteiger partial charge in [0.15, 0.2) is 0 Å². The molecule has 0 fully saturated rings. The first-order chi connectivity index (χ1) is 6.70. The molecule has 0 radical (unpaired) electrons. The molecule has 1 aromatic rings. The summed E-state index contributed by atoms with van der Waals surface area (Å²) in [5.74, 6) is 0. The standard InChI is InChI=1S/C9H13BO3S/c1-13-9(14-2)7-5-3-4-6-8(7)10(11)12/h3-6,9,11-12H,1-2H3/t9-/m0/s1. The van der Waals surface area contributed by atoms with Crippen LogP contribution in [0.15, 0.2) is 24.3 Å². The maximum atomic E-state index is 9.14. The summed E-state index contributed by atoms with van der Waals surface area (Å²) in [6, 6.07) is 7.14. The SMILES string of the molecule is CO[C@@H](SC)c1ccccc1B(O)O. The highest BCUT2D eigenvalue weighted by atomic mass is 32.2. The lowest BCUT2D eigenvalue weighted by Crippen LogP contribution is -2.33. The van der Waals surface area contributed by atoms with Crippen LogP contribution in [-0.2, 0) is 4.74 Å². The topological polar surface area (TPSA) is 49.7 Å². The van der Waals surface area contributed by atoms with Crippen molar-refractivity contribution in [3.05, 3.63) is 29.8 Å². The van der Waals surface area contributed by atoms with Gasteiger partial charge in [-0.2, -0.15) is 0 Å². The summed E-state index contributed by atoms with van der Waals surface area (Å²) in [5, 5.41) is 18.3. The average Bonchev–Trinajstić information content (AvgIpc) is 2.20. The average molecular weight is 212 g/mol. The Morgan fingerprint density at radius 1 is 1.36 bits per heavy atom. The van der Waals surface area contributed by atoms with E-state index in [9.17, 15) is 0 Å². The van der Waals surface area contributed by atoms with Gasteiger partial charge in [0.2, 0.25) is 0 Å². The van der Waals surface area contributed by atoms with Gasteiger partial charge in [0.1, 0.15) is 5.44 Å². The van der Waals surface area contributed by atoms with Crippen LogP contribution in [0, 0.1) is 0 Å². The van der Waals surface area contributed by atoms with Crippen LogP contribution >= 0.6 is 11.8 Å². The molecule has 0 saturated heterocycles. The predicted octanol–water partition coefficient (Wildman–Crippen LogP) is 0.374. The smallest absolute Gasteiger partial charge is 0.423 e. The third kappa shape index (κ3) is 2.51. The van der Waals surface area contributed by atoms with Gasteiger partial charge >= 0.3 is 7.12 Å². The monoisotopic (exact) mass is 212 g/mol. The lowest BCUT2D eigenvalue weighted by Gasteiger charge is -2.16. The van der Waals surface area contributed by atoms with Gasteiger partial charge in [0.05, 0.1) is 0 Å². The van der Waals surface area contributed by atoms with E-state index in [1.807, 2.05) is 18.4 Å². The Balaban J connectivity index is 3.05. The van der Waals surface area contributed by atoms with E-state index >= 15 is 0 Å². The first-order valence-electron chi connectivity index (χ1n) is 4.21. The summed E-state index contributed by atoms with van der Waals surface area (Å²) < 4.78 is 5.22. The van der Waals surface area contributed by atoms with E-state index in [4.69, 9.17) is 14.8 Å². The second kappa shape index (κ2) is 5.41. The summed E-state index contributed by atoms with van der Waals surface area (Å²) in [7, 11) is 0.151. The number of hydrogen-bond donors (Lipinski definition) is 2. The molecule has 2 N–H and O–H groups in total. The second-order valence-corrected chi connectivity index (χ2v) is 3.71. The molecule has 0 bridgehead atoms. The zero-order valence-electron chi connectivity index (χ0n) is 8.18. The zero-order chi connectivity index (χ0) is 10.6. The first-order valence-corrected chi connectivity index (χ1v) is 5.50. The van der Waals surface area contributed by atoms with Crippen molar-refractivity contribution in [2.45, 2.75) is 5.44 Å². The summed E-state index contributed by atoms with van der Waals surface area (Å²) >= 11 is 1.51. The van der Waals surface area contributed by atoms with Crippen LogP contribution in [0.5, 0.6) is 0 Å². The highest BCUT2D eigenvalue weighted by molar-refractivity contribution is 7.98. The largest absolute Gasteiger partial charge is 0.488 e. The van der Waals surface area contributed by atoms with Gasteiger partial charge in [-0.1, -0.05) is 24.3 Å². The molecule has 3 nitrogen and oxygen atoms in total. The minimum absolute atomic E-state index is 0.159. The fourth-order valence-electron chi connectivity index (χ4n) is 1.31. The minimum atomic E-state index is -1.45. The van der Waals surface area contributed by atoms with Crippen LogP contribution < -0.4 is 5.46 Å². The quantitative estimate of drug-likeness (QED) is 0.559. The molecular weight excluding hydrogens is 199 g/mol. The fourth-order valence-corrected chi connectivity index (χ4v) is 1.97. The molecule has 0 aliphatic carbocycles. The van der Waals surface area contributed by atoms with Crippen molar-refractivity contribution in [2.75, 3.05) is 13.4 Å². The van der Waals surface area contributed by atoms with Crippen molar-refractivity contribution in [1.82, 2.24) is 0 Å². The van der Waals surface area contributed by atoms with Crippen molar-refractivity contribution < 1.29 is 14.8 Å². The van der Waals surface area contributed by atoms with E-state index in [1.165, 1.54) is 11.8 Å². The summed E-state index contributed by atoms with van der Waals surface area (Å²) in [5.41, 5.74) is 1.14. The summed E-state index contributed by atoms with van der Waals surface area (Å²) in [4.78, 5) is 0. The molecule has 5 heteroatoms. The molecule has 0 heterocycles. The molecule has 0 aromatic heterocycles. The third-order valence-corrected chi connectivity index (χ3v) is 2.83. The number of hydrogen-bond acceptors (Lipinski definition) is 4. The van der Waals surface area contributed by atoms with Gasteiger partial charge in [-0.25, -0.2) is 0 Å². The zero-order valence-corrected chi connectivity index (χ0v) is 8.99. The highest BCUT2D eigenvalue weighted by Gasteiger charge is 2.20. The number of rotatable bonds is 4. The molecule has 76 valence electrons. The van der Waals surface area contributed by atoms with Crippen molar-refractivity contribution in [3.8, 4) is 0 Å². The van der Waals surface area contributed by atoms with E-state index < -0.39 is 7.12 Å². The molecular formula is C9H13BO3S. The van der Waals surface area contributed by atoms with Crippen LogP contribution in [0.1, 0.15) is 11.0 Å². The maximum Gasteiger partial charge on any atom is 0.488 e. The van der Waals surface area contributed by atoms with Gasteiger partial charge in [0.25, 0.3) is 0 Å². The molecule has 0 saturated carbocycles. The number of benzene rings is 1. The molecule has 1 aromatic carbocycles. The fraction of sp³-hybridized carbons (Fsp3) is 0.333. The third-order valence-electron chi connectivity index (χ3n) is 1.96. The lowest BCUT2D eigenvalue weighted by molar-refractivity contribution is 0.176. The molecule has 0 amide bonds. The number of methoxy groups -OCH3 is 1. The molecule has 0 unspecified atom stereocenters. The molecule has 0 aliphatic heterocycles. The first kappa shape index (κ1) is 11.6. The Kier molecular flexibility index (Phi) is 4.48. The van der Waals surface area contributed by atoms with Crippen molar-refractivity contribution in [2.24, 2.45) is 0 Å². The molecule has 1 atom stereocenters. The minimum Gasteiger partial charge on any atom is -0.423 e. The van der Waals surface area contributed by atoms with Crippen LogP contribution in [0.2, 0.25) is 0 Å². The second-order valence-electron chi connectivity index (χ2n) is 2.81. The molecule has 0 spiro atoms. The van der Waals surface area contributed by atoms with Crippen LogP contribution in [0.25, 0.3) is 0 Å². The lowest BCUT2D eigenvalue weighted by atomic mass is 9.77. The number of thioether (sulfide) groups is 1. The van der Waals surface area contributed by atoms with E-state index in [0.717, 1.165) is 5.56 Å². The van der Waals surface area contributed by atoms with Gasteiger partial charge in [-0.15, -0.1) is 11.8 Å². The Morgan fingerprint density at radius 3 is 2.50 bits per heavy atom. The summed E-state index contributed by atoms with van der Waals surface area (Å²) in [6.45, 7) is 0. The van der Waals surface area contributed by atoms with Crippen LogP contribution in [0.4, 0.5) is 0 Å². The molecule has 14 heavy (non-hydrogen) atoms. The van der Waals surface area contributed by atoms with Crippen molar-refractivity contribution >= 4 is 24.3 Å². The Labute approximate surface area is 88.2 Å². The Hall–Kier alpha value is -0.485. The van der Waals surface area contributed by atoms with E-state index in [-0.39, 0.29) is 5.44 Å². The van der Waals surface area contributed by atoms with Gasteiger partial charge in [0, 0.05) is 7.11 Å². The highest BCUT2D eigenvalue weighted by Crippen LogP contribution is 2.25. The summed E-state index contributed by atoms with van der Waals surface area (Å²) in [6.07, 6.45) is 1.91. The van der Waals surface area contributed by atoms with Crippen molar-refractivity contribution in [3.63, 3.8) is 0 Å². The molecule has 1 rings (SSSR count). The van der Waals surface area contributed by atoms with Gasteiger partial charge in [-0.05, 0) is 17.3 Å². The van der Waals surface area contributed by atoms with Crippen molar-refractivity contribution in [1.29, 1.82) is 0 Å². The van der Waals surface area contributed by atoms with Crippen LogP contribution in [0.3, 0.4) is 0 Å². The van der Waals surface area contributed by atoms with Gasteiger partial charge < -0.3 is 14.8 Å². The van der Waals surface area contributed by atoms with Gasteiger partial charge in [-0.3, -0.25) is 0 Å². The Morgan fingerprint density at radius 2 is 2.00 bits per heavy atom. The maximum absolute atomic E-state index is 9.14. The van der Waals surface area contributed by atoms with Crippen LogP contribution in [-0.4, -0.2) is 30.5 Å². The van der Waals surface area contributed by atoms with E-state index in [0.29, 0.717) is 5.46 Å². The number of ether oxygens (including phenoxy) is 1. The molecule has 0 aliphatic rings. The normalized spacial score (nSPS) is 12.6. The van der Waals surface area contributed by atoms with E-state index in [2.05, 4.69) is 0 Å².